The van der Waals surface area contributed by atoms with Gasteiger partial charge in [-0.3, -0.25) is 0 Å². The lowest BCUT2D eigenvalue weighted by Crippen LogP contribution is -2.01. The second-order valence-electron chi connectivity index (χ2n) is 14.3. The third-order valence-corrected chi connectivity index (χ3v) is 12.2. The summed E-state index contributed by atoms with van der Waals surface area (Å²) in [7, 11) is 0. The zero-order valence-corrected chi connectivity index (χ0v) is 31.6. The quantitative estimate of drug-likeness (QED) is 0.170. The van der Waals surface area contributed by atoms with Gasteiger partial charge in [0.05, 0.1) is 0 Å². The molecule has 0 spiro atoms. The third-order valence-electron chi connectivity index (χ3n) is 11.0. The molecule has 11 aromatic rings. The van der Waals surface area contributed by atoms with Crippen LogP contribution in [-0.4, -0.2) is 15.0 Å². The van der Waals surface area contributed by atoms with Crippen LogP contribution in [0.15, 0.2) is 200 Å². The Morgan fingerprint density at radius 3 is 1.60 bits per heavy atom. The minimum atomic E-state index is 0.647. The van der Waals surface area contributed by atoms with Crippen molar-refractivity contribution in [2.45, 2.75) is 0 Å². The molecule has 2 aromatic heterocycles. The Kier molecular flexibility index (Phi) is 8.01. The monoisotopic (exact) mass is 743 g/mol. The molecule has 0 aliphatic rings. The highest BCUT2D eigenvalue weighted by molar-refractivity contribution is 7.26. The zero-order valence-electron chi connectivity index (χ0n) is 30.8. The lowest BCUT2D eigenvalue weighted by Gasteiger charge is -2.19. The molecule has 57 heavy (non-hydrogen) atoms. The van der Waals surface area contributed by atoms with Gasteiger partial charge >= 0.3 is 0 Å². The van der Waals surface area contributed by atoms with E-state index in [2.05, 4.69) is 182 Å². The van der Waals surface area contributed by atoms with Gasteiger partial charge in [0.1, 0.15) is 0 Å². The van der Waals surface area contributed by atoms with Crippen molar-refractivity contribution in [3.63, 3.8) is 0 Å². The van der Waals surface area contributed by atoms with Crippen LogP contribution in [-0.2, 0) is 0 Å². The molecule has 3 nitrogen and oxygen atoms in total. The Morgan fingerprint density at radius 2 is 0.807 bits per heavy atom. The van der Waals surface area contributed by atoms with Crippen molar-refractivity contribution in [3.8, 4) is 67.5 Å². The summed E-state index contributed by atoms with van der Waals surface area (Å²) in [5.41, 5.74) is 10.1. The summed E-state index contributed by atoms with van der Waals surface area (Å²) in [5, 5.41) is 7.13. The van der Waals surface area contributed by atoms with Gasteiger partial charge in [-0.15, -0.1) is 11.3 Å². The van der Waals surface area contributed by atoms with Gasteiger partial charge in [-0.25, -0.2) is 15.0 Å². The van der Waals surface area contributed by atoms with Crippen LogP contribution in [0.1, 0.15) is 0 Å². The second-order valence-corrected chi connectivity index (χ2v) is 15.3. The van der Waals surface area contributed by atoms with Crippen LogP contribution in [0.5, 0.6) is 0 Å². The number of hydrogen-bond donors (Lipinski definition) is 0. The van der Waals surface area contributed by atoms with E-state index in [0.717, 1.165) is 33.0 Å². The minimum absolute atomic E-state index is 0.647. The summed E-state index contributed by atoms with van der Waals surface area (Å²) in [5.74, 6) is 1.96. The van der Waals surface area contributed by atoms with Crippen LogP contribution >= 0.6 is 11.3 Å². The van der Waals surface area contributed by atoms with Crippen molar-refractivity contribution in [1.29, 1.82) is 0 Å². The SMILES string of the molecule is c1ccc(-c2nc(-c3ccc(-c4ccccc4-c4c(-c5ccccc5)ccc5ccccc45)c4ccccc34)nc(-c3cccc4c3sc3ccccc34)n2)cc1. The summed E-state index contributed by atoms with van der Waals surface area (Å²) >= 11 is 1.79. The number of aromatic nitrogens is 3. The average Bonchev–Trinajstić information content (AvgIpc) is 3.68. The number of nitrogens with zero attached hydrogens (tertiary/aromatic N) is 3. The first-order valence-corrected chi connectivity index (χ1v) is 20.0. The normalized spacial score (nSPS) is 11.5. The number of rotatable bonds is 6. The predicted molar refractivity (Wildman–Crippen MR) is 240 cm³/mol. The molecule has 0 unspecified atom stereocenters. The molecule has 0 amide bonds. The maximum Gasteiger partial charge on any atom is 0.165 e. The third kappa shape index (κ3) is 5.69. The molecule has 9 aromatic carbocycles. The predicted octanol–water partition coefficient (Wildman–Crippen LogP) is 14.5. The molecular formula is C53H33N3S. The Hall–Kier alpha value is -7.27. The van der Waals surface area contributed by atoms with Crippen LogP contribution in [0.3, 0.4) is 0 Å². The first-order chi connectivity index (χ1) is 28.3. The summed E-state index contributed by atoms with van der Waals surface area (Å²) in [4.78, 5) is 15.7. The van der Waals surface area contributed by atoms with Crippen LogP contribution in [0, 0.1) is 0 Å². The van der Waals surface area contributed by atoms with E-state index in [-0.39, 0.29) is 0 Å². The lowest BCUT2D eigenvalue weighted by molar-refractivity contribution is 1.08. The highest BCUT2D eigenvalue weighted by Gasteiger charge is 2.21. The number of thiophene rings is 1. The van der Waals surface area contributed by atoms with Gasteiger partial charge < -0.3 is 0 Å². The topological polar surface area (TPSA) is 38.7 Å². The van der Waals surface area contributed by atoms with Gasteiger partial charge in [-0.05, 0) is 73.1 Å². The maximum atomic E-state index is 5.30. The largest absolute Gasteiger partial charge is 0.208 e. The van der Waals surface area contributed by atoms with E-state index < -0.39 is 0 Å². The first kappa shape index (κ1) is 33.1. The van der Waals surface area contributed by atoms with Crippen molar-refractivity contribution >= 4 is 53.1 Å². The standard InChI is InChI=1S/C53H33N3S/c1-3-16-34(17-4-1)38-31-30-35-18-7-8-21-37(35)49(38)44-26-12-11-23-40(44)42-32-33-46(41-24-10-9-22-39(41)42)52-54-51(36-19-5-2-6-20-36)55-53(56-52)47-28-15-27-45-43-25-13-14-29-48(43)57-50(45)47/h1-33H. The Balaban J connectivity index is 1.13. The molecule has 0 radical (unpaired) electrons. The molecule has 4 heteroatoms. The van der Waals surface area contributed by atoms with Gasteiger partial charge in [0.25, 0.3) is 0 Å². The molecule has 266 valence electrons. The molecule has 0 fully saturated rings. The lowest BCUT2D eigenvalue weighted by atomic mass is 9.84. The van der Waals surface area contributed by atoms with E-state index in [1.54, 1.807) is 11.3 Å². The van der Waals surface area contributed by atoms with E-state index in [4.69, 9.17) is 15.0 Å². The van der Waals surface area contributed by atoms with Crippen LogP contribution in [0.4, 0.5) is 0 Å². The second kappa shape index (κ2) is 13.8. The van der Waals surface area contributed by atoms with Crippen molar-refractivity contribution < 1.29 is 0 Å². The molecule has 11 rings (SSSR count). The first-order valence-electron chi connectivity index (χ1n) is 19.2. The Morgan fingerprint density at radius 1 is 0.281 bits per heavy atom. The van der Waals surface area contributed by atoms with Gasteiger partial charge in [0, 0.05) is 36.9 Å². The van der Waals surface area contributed by atoms with E-state index in [1.807, 2.05) is 18.2 Å². The van der Waals surface area contributed by atoms with Crippen molar-refractivity contribution in [2.75, 3.05) is 0 Å². The molecule has 0 saturated carbocycles. The minimum Gasteiger partial charge on any atom is -0.208 e. The van der Waals surface area contributed by atoms with E-state index in [0.29, 0.717) is 17.5 Å². The maximum absolute atomic E-state index is 5.30. The zero-order chi connectivity index (χ0) is 37.7. The van der Waals surface area contributed by atoms with Crippen LogP contribution in [0.25, 0.3) is 109 Å². The van der Waals surface area contributed by atoms with E-state index in [1.165, 1.54) is 58.8 Å². The van der Waals surface area contributed by atoms with Crippen LogP contribution < -0.4 is 0 Å². The fraction of sp³-hybridized carbons (Fsp3) is 0. The molecule has 2 heterocycles. The highest BCUT2D eigenvalue weighted by atomic mass is 32.1. The number of hydrogen-bond acceptors (Lipinski definition) is 4. The molecule has 0 N–H and O–H groups in total. The highest BCUT2D eigenvalue weighted by Crippen LogP contribution is 2.45. The molecule has 0 bridgehead atoms. The van der Waals surface area contributed by atoms with Crippen LogP contribution in [0.2, 0.25) is 0 Å². The summed E-state index contributed by atoms with van der Waals surface area (Å²) in [6, 6.07) is 71.1. The molecule has 0 aliphatic heterocycles. The summed E-state index contributed by atoms with van der Waals surface area (Å²) < 4.78 is 2.42. The summed E-state index contributed by atoms with van der Waals surface area (Å²) in [6.45, 7) is 0. The smallest absolute Gasteiger partial charge is 0.165 e. The number of fused-ring (bicyclic) bond motifs is 5. The molecule has 0 aliphatic carbocycles. The fourth-order valence-corrected chi connectivity index (χ4v) is 9.55. The van der Waals surface area contributed by atoms with Gasteiger partial charge in [-0.1, -0.05) is 182 Å². The van der Waals surface area contributed by atoms with Crippen molar-refractivity contribution in [2.24, 2.45) is 0 Å². The van der Waals surface area contributed by atoms with E-state index in [9.17, 15) is 0 Å². The summed E-state index contributed by atoms with van der Waals surface area (Å²) in [6.07, 6.45) is 0. The Labute approximate surface area is 334 Å². The van der Waals surface area contributed by atoms with Crippen molar-refractivity contribution in [1.82, 2.24) is 15.0 Å². The van der Waals surface area contributed by atoms with Gasteiger partial charge in [0.2, 0.25) is 0 Å². The van der Waals surface area contributed by atoms with Crippen molar-refractivity contribution in [3.05, 3.63) is 200 Å². The van der Waals surface area contributed by atoms with E-state index >= 15 is 0 Å². The number of benzene rings is 9. The molecule has 0 saturated heterocycles. The molecule has 0 atom stereocenters. The Bertz CT molecular complexity index is 3300. The molecular weight excluding hydrogens is 711 g/mol. The van der Waals surface area contributed by atoms with Gasteiger partial charge in [-0.2, -0.15) is 0 Å². The fourth-order valence-electron chi connectivity index (χ4n) is 8.34. The van der Waals surface area contributed by atoms with Gasteiger partial charge in [0.15, 0.2) is 17.5 Å². The average molecular weight is 744 g/mol.